The molecule has 2 nitrogen and oxygen atoms in total. The molecular weight excluding hydrogens is 196 g/mol. The second-order valence-electron chi connectivity index (χ2n) is 6.78. The molecule has 16 heavy (non-hydrogen) atoms. The molecule has 0 bridgehead atoms. The first-order chi connectivity index (χ1) is 7.16. The van der Waals surface area contributed by atoms with Gasteiger partial charge in [0.05, 0.1) is 0 Å². The van der Waals surface area contributed by atoms with Crippen LogP contribution < -0.4 is 11.1 Å². The highest BCUT2D eigenvalue weighted by Crippen LogP contribution is 2.20. The molecule has 0 radical (unpaired) electrons. The Morgan fingerprint density at radius 2 is 1.38 bits per heavy atom. The molecule has 2 heteroatoms. The summed E-state index contributed by atoms with van der Waals surface area (Å²) < 4.78 is 0. The minimum Gasteiger partial charge on any atom is -0.326 e. The van der Waals surface area contributed by atoms with E-state index in [-0.39, 0.29) is 11.5 Å². The molecule has 0 aliphatic carbocycles. The predicted molar refractivity (Wildman–Crippen MR) is 73.5 cm³/mol. The predicted octanol–water partition coefficient (Wildman–Crippen LogP) is 2.88. The maximum absolute atomic E-state index is 6.13. The molecule has 0 saturated carbocycles. The van der Waals surface area contributed by atoms with Crippen molar-refractivity contribution in [3.8, 4) is 0 Å². The maximum Gasteiger partial charge on any atom is 0.0214 e. The fourth-order valence-electron chi connectivity index (χ4n) is 1.95. The molecule has 0 aromatic carbocycles. The van der Waals surface area contributed by atoms with Crippen LogP contribution in [0.25, 0.3) is 0 Å². The van der Waals surface area contributed by atoms with E-state index in [1.807, 2.05) is 0 Å². The van der Waals surface area contributed by atoms with Crippen LogP contribution >= 0.6 is 0 Å². The van der Waals surface area contributed by atoms with Gasteiger partial charge in [0.25, 0.3) is 0 Å². The molecule has 0 saturated heterocycles. The van der Waals surface area contributed by atoms with E-state index in [1.54, 1.807) is 0 Å². The number of rotatable bonds is 6. The van der Waals surface area contributed by atoms with Crippen LogP contribution in [0.2, 0.25) is 0 Å². The van der Waals surface area contributed by atoms with Gasteiger partial charge in [-0.15, -0.1) is 0 Å². The van der Waals surface area contributed by atoms with Crippen molar-refractivity contribution in [2.75, 3.05) is 13.1 Å². The van der Waals surface area contributed by atoms with Gasteiger partial charge in [0.2, 0.25) is 0 Å². The van der Waals surface area contributed by atoms with E-state index in [0.717, 1.165) is 30.8 Å². The first-order valence-corrected chi connectivity index (χ1v) is 6.62. The summed E-state index contributed by atoms with van der Waals surface area (Å²) in [4.78, 5) is 0. The van der Waals surface area contributed by atoms with E-state index in [9.17, 15) is 0 Å². The molecule has 0 spiro atoms. The summed E-state index contributed by atoms with van der Waals surface area (Å²) in [6.07, 6.45) is 0. The van der Waals surface area contributed by atoms with Crippen LogP contribution in [0, 0.1) is 23.2 Å². The molecule has 0 aliphatic heterocycles. The Balaban J connectivity index is 3.96. The van der Waals surface area contributed by atoms with Gasteiger partial charge in [-0.05, 0) is 29.7 Å². The first kappa shape index (κ1) is 15.9. The van der Waals surface area contributed by atoms with Gasteiger partial charge in [-0.1, -0.05) is 48.5 Å². The van der Waals surface area contributed by atoms with E-state index in [1.165, 1.54) is 0 Å². The Hall–Kier alpha value is -0.0800. The number of nitrogens with two attached hydrogens (primary N) is 1. The van der Waals surface area contributed by atoms with E-state index < -0.39 is 0 Å². The molecule has 1 atom stereocenters. The Bertz CT molecular complexity index is 172. The maximum atomic E-state index is 6.13. The summed E-state index contributed by atoms with van der Waals surface area (Å²) in [7, 11) is 0. The van der Waals surface area contributed by atoms with E-state index in [0.29, 0.717) is 0 Å². The van der Waals surface area contributed by atoms with Crippen LogP contribution in [0.15, 0.2) is 0 Å². The van der Waals surface area contributed by atoms with Gasteiger partial charge in [0.1, 0.15) is 0 Å². The molecule has 1 unspecified atom stereocenters. The third-order valence-electron chi connectivity index (χ3n) is 3.57. The molecule has 0 aromatic rings. The van der Waals surface area contributed by atoms with Crippen LogP contribution in [0.4, 0.5) is 0 Å². The molecule has 0 amide bonds. The monoisotopic (exact) mass is 228 g/mol. The molecule has 0 heterocycles. The van der Waals surface area contributed by atoms with Crippen molar-refractivity contribution in [1.29, 1.82) is 0 Å². The fraction of sp³-hybridized carbons (Fsp3) is 1.00. The van der Waals surface area contributed by atoms with Crippen LogP contribution in [0.5, 0.6) is 0 Å². The van der Waals surface area contributed by atoms with Gasteiger partial charge < -0.3 is 11.1 Å². The van der Waals surface area contributed by atoms with Crippen molar-refractivity contribution in [2.24, 2.45) is 28.9 Å². The van der Waals surface area contributed by atoms with Crippen LogP contribution in [-0.2, 0) is 0 Å². The zero-order chi connectivity index (χ0) is 12.9. The van der Waals surface area contributed by atoms with Gasteiger partial charge in [-0.3, -0.25) is 0 Å². The largest absolute Gasteiger partial charge is 0.326 e. The SMILES string of the molecule is CC(C)C(CNCC(N)C(C)(C)C)C(C)C. The lowest BCUT2D eigenvalue weighted by molar-refractivity contribution is 0.256. The standard InChI is InChI=1S/C14H32N2/c1-10(2)12(11(3)4)8-16-9-13(15)14(5,6)7/h10-13,16H,8-9,15H2,1-7H3. The lowest BCUT2D eigenvalue weighted by Crippen LogP contribution is -2.45. The van der Waals surface area contributed by atoms with Gasteiger partial charge in [-0.2, -0.15) is 0 Å². The Kier molecular flexibility index (Phi) is 6.57. The highest BCUT2D eigenvalue weighted by molar-refractivity contribution is 4.80. The van der Waals surface area contributed by atoms with E-state index in [4.69, 9.17) is 5.73 Å². The van der Waals surface area contributed by atoms with Gasteiger partial charge in [-0.25, -0.2) is 0 Å². The topological polar surface area (TPSA) is 38.0 Å². The lowest BCUT2D eigenvalue weighted by atomic mass is 9.84. The van der Waals surface area contributed by atoms with Crippen molar-refractivity contribution in [3.05, 3.63) is 0 Å². The third kappa shape index (κ3) is 5.86. The van der Waals surface area contributed by atoms with Crippen molar-refractivity contribution < 1.29 is 0 Å². The average Bonchev–Trinajstić information content (AvgIpc) is 2.08. The van der Waals surface area contributed by atoms with Gasteiger partial charge in [0, 0.05) is 12.6 Å². The zero-order valence-electron chi connectivity index (χ0n) is 12.3. The summed E-state index contributed by atoms with van der Waals surface area (Å²) in [5.41, 5.74) is 6.32. The summed E-state index contributed by atoms with van der Waals surface area (Å²) in [6.45, 7) is 17.8. The molecule has 0 aliphatic rings. The molecule has 0 fully saturated rings. The minimum atomic E-state index is 0.193. The van der Waals surface area contributed by atoms with Crippen LogP contribution in [-0.4, -0.2) is 19.1 Å². The first-order valence-electron chi connectivity index (χ1n) is 6.62. The second-order valence-corrected chi connectivity index (χ2v) is 6.78. The van der Waals surface area contributed by atoms with Crippen LogP contribution in [0.3, 0.4) is 0 Å². The average molecular weight is 228 g/mol. The number of hydrogen-bond acceptors (Lipinski definition) is 2. The summed E-state index contributed by atoms with van der Waals surface area (Å²) >= 11 is 0. The Labute approximate surface area is 102 Å². The minimum absolute atomic E-state index is 0.193. The normalized spacial score (nSPS) is 15.2. The second kappa shape index (κ2) is 6.61. The number of nitrogens with one attached hydrogen (secondary N) is 1. The Morgan fingerprint density at radius 1 is 0.938 bits per heavy atom. The fourth-order valence-corrected chi connectivity index (χ4v) is 1.95. The number of hydrogen-bond donors (Lipinski definition) is 2. The Morgan fingerprint density at radius 3 is 1.69 bits per heavy atom. The van der Waals surface area contributed by atoms with E-state index >= 15 is 0 Å². The molecule has 98 valence electrons. The van der Waals surface area contributed by atoms with E-state index in [2.05, 4.69) is 53.8 Å². The van der Waals surface area contributed by atoms with Crippen molar-refractivity contribution in [1.82, 2.24) is 5.32 Å². The van der Waals surface area contributed by atoms with Gasteiger partial charge in [0.15, 0.2) is 0 Å². The zero-order valence-corrected chi connectivity index (χ0v) is 12.3. The molecular formula is C14H32N2. The molecule has 0 aromatic heterocycles. The summed E-state index contributed by atoms with van der Waals surface area (Å²) in [6, 6.07) is 0.229. The highest BCUT2D eigenvalue weighted by atomic mass is 14.9. The third-order valence-corrected chi connectivity index (χ3v) is 3.57. The van der Waals surface area contributed by atoms with Crippen molar-refractivity contribution >= 4 is 0 Å². The quantitative estimate of drug-likeness (QED) is 0.733. The lowest BCUT2D eigenvalue weighted by Gasteiger charge is -2.30. The van der Waals surface area contributed by atoms with Crippen molar-refractivity contribution in [3.63, 3.8) is 0 Å². The van der Waals surface area contributed by atoms with Crippen molar-refractivity contribution in [2.45, 2.75) is 54.5 Å². The molecule has 0 rings (SSSR count). The highest BCUT2D eigenvalue weighted by Gasteiger charge is 2.21. The van der Waals surface area contributed by atoms with Gasteiger partial charge >= 0.3 is 0 Å². The molecule has 3 N–H and O–H groups in total. The smallest absolute Gasteiger partial charge is 0.0214 e. The summed E-state index contributed by atoms with van der Waals surface area (Å²) in [5.74, 6) is 2.21. The summed E-state index contributed by atoms with van der Waals surface area (Å²) in [5, 5.41) is 3.53. The van der Waals surface area contributed by atoms with Crippen LogP contribution in [0.1, 0.15) is 48.5 Å².